The molecule has 0 heterocycles. The first kappa shape index (κ1) is 62.4. The normalized spacial score (nSPS) is 11.8. The van der Waals surface area contributed by atoms with E-state index < -0.39 is 12.2 Å². The van der Waals surface area contributed by atoms with Crippen LogP contribution in [0.5, 0.6) is 0 Å². The Balaban J connectivity index is -0.0000000604. The van der Waals surface area contributed by atoms with Crippen LogP contribution in [-0.4, -0.2) is 92.8 Å². The Morgan fingerprint density at radius 2 is 0.733 bits per heavy atom. The summed E-state index contributed by atoms with van der Waals surface area (Å²) in [5.41, 5.74) is 0. The Kier molecular flexibility index (Phi) is 62.0. The van der Waals surface area contributed by atoms with Gasteiger partial charge in [-0.3, -0.25) is 12.8 Å². The molecule has 4 N–H and O–H groups in total. The molecule has 0 aromatic heterocycles. The second kappa shape index (κ2) is 44.7. The van der Waals surface area contributed by atoms with Crippen LogP contribution in [0.3, 0.4) is 0 Å². The second-order valence-corrected chi connectivity index (χ2v) is 9.37. The first-order valence-corrected chi connectivity index (χ1v) is 13.8. The Morgan fingerprint density at radius 3 is 0.756 bits per heavy atom. The standard InChI is InChI=1S/C6H14O2.C5H12O2.2C5H7O2.2C5H9O2.2Ir/c1-4(5(2)7)6(3)8;3*1-4(6)3-5(2)7;2*1-3-7-4-5(2)6;;/h4-8H,1-3H3;4-7H,3H2,1-2H3;2*3H,1-2H3;2*4H,3H2,1-2H3;;/q;;4*-1;;. The predicted octanol–water partition coefficient (Wildman–Crippen LogP) is 2.80. The van der Waals surface area contributed by atoms with Gasteiger partial charge in [0.2, 0.25) is 0 Å². The van der Waals surface area contributed by atoms with Gasteiger partial charge in [-0.25, -0.2) is 13.2 Å². The zero-order valence-electron chi connectivity index (χ0n) is 29.0. The fourth-order valence-corrected chi connectivity index (χ4v) is 1.87. The summed E-state index contributed by atoms with van der Waals surface area (Å²) in [6, 6.07) is 0. The number of ether oxygens (including phenoxy) is 2. The maximum Gasteiger partial charge on any atom is 0.0562 e. The van der Waals surface area contributed by atoms with Gasteiger partial charge in [-0.1, -0.05) is 6.92 Å². The van der Waals surface area contributed by atoms with Crippen LogP contribution in [0.4, 0.5) is 0 Å². The van der Waals surface area contributed by atoms with Crippen LogP contribution in [0.2, 0.25) is 0 Å². The van der Waals surface area contributed by atoms with Crippen molar-refractivity contribution in [1.82, 2.24) is 0 Å². The summed E-state index contributed by atoms with van der Waals surface area (Å²) in [5.74, 6) is -0.848. The van der Waals surface area contributed by atoms with Gasteiger partial charge in [-0.2, -0.15) is 0 Å². The fourth-order valence-electron chi connectivity index (χ4n) is 1.87. The van der Waals surface area contributed by atoms with Gasteiger partial charge in [-0.15, -0.1) is 0 Å². The van der Waals surface area contributed by atoms with E-state index in [0.717, 1.165) is 12.8 Å². The molecule has 12 nitrogen and oxygen atoms in total. The maximum atomic E-state index is 10.0. The molecule has 0 spiro atoms. The van der Waals surface area contributed by atoms with E-state index in [1.807, 2.05) is 20.8 Å². The van der Waals surface area contributed by atoms with Gasteiger partial charge < -0.3 is 58.7 Å². The average Bonchev–Trinajstić information content (AvgIpc) is 2.80. The average molecular weight is 1010 g/mol. The van der Waals surface area contributed by atoms with Crippen molar-refractivity contribution in [3.8, 4) is 0 Å². The molecular formula is C31H58Ir2O12-4. The number of rotatable bonds is 14. The Bertz CT molecular complexity index is 643. The van der Waals surface area contributed by atoms with Gasteiger partial charge in [0.05, 0.1) is 24.4 Å². The third kappa shape index (κ3) is 99.3. The van der Waals surface area contributed by atoms with Crippen molar-refractivity contribution < 1.29 is 98.9 Å². The Labute approximate surface area is 298 Å². The van der Waals surface area contributed by atoms with Crippen LogP contribution in [0, 0.1) is 32.0 Å². The monoisotopic (exact) mass is 1010 g/mol. The summed E-state index contributed by atoms with van der Waals surface area (Å²) in [6.07, 6.45) is 1.02. The first-order chi connectivity index (χ1) is 19.5. The van der Waals surface area contributed by atoms with Gasteiger partial charge in [0.15, 0.2) is 0 Å². The van der Waals surface area contributed by atoms with E-state index in [0.29, 0.717) is 19.6 Å². The summed E-state index contributed by atoms with van der Waals surface area (Å²) in [4.78, 5) is 60.0. The fraction of sp³-hybridized carbons (Fsp3) is 0.677. The van der Waals surface area contributed by atoms with E-state index in [1.54, 1.807) is 27.7 Å². The molecule has 0 saturated heterocycles. The van der Waals surface area contributed by atoms with Gasteiger partial charge >= 0.3 is 0 Å². The number of ketones is 6. The van der Waals surface area contributed by atoms with Gasteiger partial charge in [0, 0.05) is 94.0 Å². The number of hydrogen-bond acceptors (Lipinski definition) is 12. The second-order valence-electron chi connectivity index (χ2n) is 9.37. The molecule has 14 heteroatoms. The molecule has 4 atom stereocenters. The number of aliphatic hydroxyl groups excluding tert-OH is 4. The number of Topliss-reactive ketones (excluding diaryl/α,β-unsaturated/α-hetero) is 6. The SMILES string of the molecule is CC(=O)[CH-]C(C)=O.CC(=O)[CH-]C(C)=O.CC(O)C(C)C(C)O.CC(O)CC(C)O.CCO[CH-]C(C)=O.CCO[CH-]C(C)=O.[Ir].[Ir]. The van der Waals surface area contributed by atoms with Crippen LogP contribution < -0.4 is 0 Å². The number of aliphatic hydroxyl groups is 4. The molecule has 0 aliphatic rings. The van der Waals surface area contributed by atoms with Crippen molar-refractivity contribution in [2.75, 3.05) is 13.2 Å². The third-order valence-electron chi connectivity index (χ3n) is 3.85. The number of carbonyl (C=O) groups is 6. The first-order valence-electron chi connectivity index (χ1n) is 13.8. The van der Waals surface area contributed by atoms with Crippen molar-refractivity contribution in [3.05, 3.63) is 26.1 Å². The molecular weight excluding hydrogens is 949 g/mol. The Hall–Kier alpha value is -1.44. The molecule has 0 rings (SSSR count). The van der Waals surface area contributed by atoms with Crippen LogP contribution in [0.1, 0.15) is 96.4 Å². The summed E-state index contributed by atoms with van der Waals surface area (Å²) in [5, 5.41) is 34.8. The van der Waals surface area contributed by atoms with Gasteiger partial charge in [-0.05, 0) is 89.5 Å². The minimum atomic E-state index is -0.407. The van der Waals surface area contributed by atoms with Crippen LogP contribution in [0.15, 0.2) is 0 Å². The molecule has 0 saturated carbocycles. The molecule has 4 unspecified atom stereocenters. The molecule has 0 aromatic rings. The zero-order chi connectivity index (χ0) is 35.7. The number of carbonyl (C=O) groups excluding carboxylic acids is 6. The predicted molar refractivity (Wildman–Crippen MR) is 165 cm³/mol. The van der Waals surface area contributed by atoms with Crippen molar-refractivity contribution in [3.63, 3.8) is 0 Å². The topological polar surface area (TPSA) is 202 Å². The summed E-state index contributed by atoms with van der Waals surface area (Å²) >= 11 is 0. The molecule has 0 aromatic carbocycles. The molecule has 0 bridgehead atoms. The molecule has 45 heavy (non-hydrogen) atoms. The largest absolute Gasteiger partial charge is 0.526 e. The maximum absolute atomic E-state index is 10.0. The van der Waals surface area contributed by atoms with Crippen molar-refractivity contribution in [2.24, 2.45) is 5.92 Å². The van der Waals surface area contributed by atoms with E-state index in [-0.39, 0.29) is 93.0 Å². The van der Waals surface area contributed by atoms with Crippen molar-refractivity contribution in [1.29, 1.82) is 0 Å². The van der Waals surface area contributed by atoms with Crippen molar-refractivity contribution in [2.45, 2.75) is 121 Å². The summed E-state index contributed by atoms with van der Waals surface area (Å²) in [7, 11) is 0. The van der Waals surface area contributed by atoms with Crippen molar-refractivity contribution >= 4 is 34.7 Å². The molecule has 276 valence electrons. The van der Waals surface area contributed by atoms with E-state index >= 15 is 0 Å². The van der Waals surface area contributed by atoms with E-state index in [1.165, 1.54) is 54.8 Å². The summed E-state index contributed by atoms with van der Waals surface area (Å²) in [6.45, 7) is 24.0. The smallest absolute Gasteiger partial charge is 0.0562 e. The van der Waals surface area contributed by atoms with E-state index in [9.17, 15) is 28.8 Å². The minimum absolute atomic E-state index is 0. The van der Waals surface area contributed by atoms with Crippen LogP contribution in [-0.2, 0) is 78.5 Å². The molecule has 0 aliphatic heterocycles. The van der Waals surface area contributed by atoms with E-state index in [4.69, 9.17) is 20.4 Å². The summed E-state index contributed by atoms with van der Waals surface area (Å²) < 4.78 is 9.24. The van der Waals surface area contributed by atoms with Gasteiger partial charge in [0.1, 0.15) is 0 Å². The quantitative estimate of drug-likeness (QED) is 0.147. The molecule has 0 aliphatic carbocycles. The molecule has 2 radical (unpaired) electrons. The Morgan fingerprint density at radius 1 is 0.511 bits per heavy atom. The minimum Gasteiger partial charge on any atom is -0.526 e. The molecule has 0 amide bonds. The molecule has 0 fully saturated rings. The van der Waals surface area contributed by atoms with Crippen LogP contribution >= 0.6 is 0 Å². The van der Waals surface area contributed by atoms with Crippen LogP contribution in [0.25, 0.3) is 0 Å². The number of hydrogen-bond donors (Lipinski definition) is 4. The third-order valence-corrected chi connectivity index (χ3v) is 3.85. The van der Waals surface area contributed by atoms with Gasteiger partial charge in [0.25, 0.3) is 0 Å². The zero-order valence-corrected chi connectivity index (χ0v) is 33.8. The van der Waals surface area contributed by atoms with E-state index in [2.05, 4.69) is 9.47 Å².